The monoisotopic (exact) mass is 1910 g/mol. The van der Waals surface area contributed by atoms with Crippen LogP contribution in [0.25, 0.3) is 67.3 Å². The predicted octanol–water partition coefficient (Wildman–Crippen LogP) is 15.8. The number of carbonyl (C=O) groups excluding carboxylic acids is 4. The highest BCUT2D eigenvalue weighted by Crippen LogP contribution is 2.47. The topological polar surface area (TPSA) is 371 Å². The zero-order valence-corrected chi connectivity index (χ0v) is 75.4. The summed E-state index contributed by atoms with van der Waals surface area (Å²) in [5.41, 5.74) is 9.16. The number of aliphatic hydroxyl groups excluding tert-OH is 1. The van der Waals surface area contributed by atoms with Gasteiger partial charge in [-0.3, -0.25) is 70.0 Å². The fraction of sp³-hybridized carbons (Fsp3) is 0.271. The van der Waals surface area contributed by atoms with Crippen molar-refractivity contribution in [1.29, 1.82) is 0 Å². The maximum Gasteiger partial charge on any atom is 0.433 e. The molecule has 5 N–H and O–H groups in total. The summed E-state index contributed by atoms with van der Waals surface area (Å²) in [6, 6.07) is 39.7. The number of aromatic nitrogens is 16. The van der Waals surface area contributed by atoms with Crippen molar-refractivity contribution in [2.45, 2.75) is 82.2 Å². The number of halogens is 9. The van der Waals surface area contributed by atoms with Gasteiger partial charge in [-0.2, -0.15) is 54.7 Å². The Hall–Kier alpha value is -16.6. The van der Waals surface area contributed by atoms with Gasteiger partial charge in [-0.25, -0.2) is 54.1 Å². The summed E-state index contributed by atoms with van der Waals surface area (Å²) in [4.78, 5) is 128. The average Bonchev–Trinajstić information content (AvgIpc) is 1.41. The van der Waals surface area contributed by atoms with E-state index in [1.807, 2.05) is 76.7 Å². The smallest absolute Gasteiger partial charge is 0.433 e. The van der Waals surface area contributed by atoms with E-state index in [0.717, 1.165) is 156 Å². The Bertz CT molecular complexity index is 7180. The summed E-state index contributed by atoms with van der Waals surface area (Å²) in [7, 11) is 5.27. The van der Waals surface area contributed by atoms with E-state index < -0.39 is 53.6 Å². The maximum atomic E-state index is 13.6. The number of carbonyl (C=O) groups is 4. The van der Waals surface area contributed by atoms with Crippen molar-refractivity contribution >= 4 is 93.4 Å². The largest absolute Gasteiger partial charge is 0.475 e. The van der Waals surface area contributed by atoms with E-state index in [4.69, 9.17) is 14.8 Å². The number of hydrogen-bond donors (Lipinski definition) is 5. The summed E-state index contributed by atoms with van der Waals surface area (Å²) < 4.78 is 129. The number of fused-ring (bicyclic) bond motifs is 16. The molecular weight excluding hydrogens is 1830 g/mol. The number of rotatable bonds is 13. The third-order valence-corrected chi connectivity index (χ3v) is 24.9. The highest BCUT2D eigenvalue weighted by atomic mass is 19.4. The number of benzene rings is 1. The molecule has 716 valence electrons. The third kappa shape index (κ3) is 19.4. The van der Waals surface area contributed by atoms with Gasteiger partial charge in [0.05, 0.1) is 100 Å². The molecule has 4 atom stereocenters. The summed E-state index contributed by atoms with van der Waals surface area (Å²) in [5.74, 6) is 3.30. The highest BCUT2D eigenvalue weighted by Gasteiger charge is 2.46. The van der Waals surface area contributed by atoms with Crippen LogP contribution in [0.5, 0.6) is 5.88 Å². The number of nitrogens with one attached hydrogen (secondary N) is 4. The number of nitrogens with zero attached hydrogens (tertiary/aromatic N) is 24. The van der Waals surface area contributed by atoms with Crippen molar-refractivity contribution in [3.63, 3.8) is 0 Å². The second-order valence-corrected chi connectivity index (χ2v) is 34.3. The Morgan fingerprint density at radius 2 is 0.829 bits per heavy atom. The van der Waals surface area contributed by atoms with E-state index in [9.17, 15) is 63.5 Å². The Labute approximate surface area is 792 Å². The van der Waals surface area contributed by atoms with E-state index in [1.54, 1.807) is 118 Å². The second kappa shape index (κ2) is 37.8. The fourth-order valence-corrected chi connectivity index (χ4v) is 18.3. The van der Waals surface area contributed by atoms with Crippen molar-refractivity contribution in [2.75, 3.05) is 126 Å². The SMILES string of the molecule is Cc1cc(-c2ccc3c(n2)N(C(=O)Nc2cc(-c4cnn(C)c4)ccn2)[C@H]2CCN3C2)ccn1.Cc1nn(C)cc1-c1ccnc(NC(=O)N2c3nc(-c4ccnc(C(F)(F)F)c4)ccc3N3CC[C@H]2C3)c1.Cn1cnc(NC(=O)N2c3nc(-c4cccc(C(F)(F)F)c4)ccc3N3CC[C@H]2C3)cc1=O.O=C(Nc1cccc(OCCO)n1)N1c2nc(-c3ccnc(C(F)(F)F)c3)ccc2N2CC[C@H]1C2. The van der Waals surface area contributed by atoms with Crippen LogP contribution in [0.2, 0.25) is 0 Å². The molecule has 4 saturated heterocycles. The molecule has 0 radical (unpaired) electrons. The molecule has 8 aliphatic rings. The molecule has 35 nitrogen and oxygen atoms in total. The summed E-state index contributed by atoms with van der Waals surface area (Å²) in [5, 5.41) is 28.8. The number of aryl methyl sites for hydroxylation is 5. The number of urea groups is 4. The van der Waals surface area contributed by atoms with Crippen LogP contribution in [0.3, 0.4) is 0 Å². The van der Waals surface area contributed by atoms with Crippen LogP contribution < -0.4 is 70.8 Å². The van der Waals surface area contributed by atoms with Gasteiger partial charge >= 0.3 is 42.7 Å². The quantitative estimate of drug-likeness (QED) is 0.0669. The van der Waals surface area contributed by atoms with Crippen LogP contribution in [0.1, 0.15) is 54.0 Å². The fourth-order valence-electron chi connectivity index (χ4n) is 18.3. The normalized spacial score (nSPS) is 16.7. The van der Waals surface area contributed by atoms with Crippen molar-refractivity contribution in [1.82, 2.24) is 79.0 Å². The first-order valence-electron chi connectivity index (χ1n) is 44.5. The number of anilines is 12. The lowest BCUT2D eigenvalue weighted by Gasteiger charge is -2.35. The van der Waals surface area contributed by atoms with Crippen LogP contribution in [0.15, 0.2) is 218 Å². The number of ether oxygens (including phenoxy) is 1. The Balaban J connectivity index is 0.000000119. The van der Waals surface area contributed by atoms with Crippen molar-refractivity contribution in [3.8, 4) is 73.2 Å². The zero-order valence-electron chi connectivity index (χ0n) is 75.4. The van der Waals surface area contributed by atoms with Gasteiger partial charge in [-0.05, 0) is 178 Å². The molecule has 0 aliphatic carbocycles. The van der Waals surface area contributed by atoms with Gasteiger partial charge in [0.1, 0.15) is 41.3 Å². The third-order valence-electron chi connectivity index (χ3n) is 24.9. The number of aliphatic hydroxyl groups is 1. The average molecular weight is 1920 g/mol. The first-order valence-corrected chi connectivity index (χ1v) is 44.5. The number of pyridine rings is 10. The van der Waals surface area contributed by atoms with Gasteiger partial charge in [0.15, 0.2) is 23.3 Å². The molecule has 0 unspecified atom stereocenters. The molecule has 4 fully saturated rings. The zero-order chi connectivity index (χ0) is 97.7. The summed E-state index contributed by atoms with van der Waals surface area (Å²) in [6.07, 6.45) is 3.69. The molecule has 0 saturated carbocycles. The molecule has 8 bridgehead atoms. The van der Waals surface area contributed by atoms with E-state index in [0.29, 0.717) is 83.6 Å². The summed E-state index contributed by atoms with van der Waals surface area (Å²) in [6.45, 7) is 9.60. The molecule has 14 aromatic rings. The lowest BCUT2D eigenvalue weighted by atomic mass is 10.1. The molecule has 21 heterocycles. The van der Waals surface area contributed by atoms with E-state index in [-0.39, 0.29) is 77.6 Å². The molecule has 13 aromatic heterocycles. The Morgan fingerprint density at radius 3 is 1.25 bits per heavy atom. The van der Waals surface area contributed by atoms with Crippen molar-refractivity contribution in [3.05, 3.63) is 252 Å². The lowest BCUT2D eigenvalue weighted by Crippen LogP contribution is -2.48. The molecule has 0 spiro atoms. The highest BCUT2D eigenvalue weighted by molar-refractivity contribution is 6.08. The van der Waals surface area contributed by atoms with E-state index >= 15 is 0 Å². The predicted molar refractivity (Wildman–Crippen MR) is 504 cm³/mol. The van der Waals surface area contributed by atoms with Crippen LogP contribution in [-0.2, 0) is 39.7 Å². The van der Waals surface area contributed by atoms with E-state index in [1.165, 1.54) is 45.0 Å². The van der Waals surface area contributed by atoms with Gasteiger partial charge in [0.25, 0.3) is 5.56 Å². The van der Waals surface area contributed by atoms with E-state index in [2.05, 4.69) is 107 Å². The number of hydrogen-bond acceptors (Lipinski definition) is 24. The van der Waals surface area contributed by atoms with Gasteiger partial charge in [0.2, 0.25) is 5.88 Å². The van der Waals surface area contributed by atoms with Crippen LogP contribution in [0, 0.1) is 13.8 Å². The maximum absolute atomic E-state index is 13.6. The minimum Gasteiger partial charge on any atom is -0.475 e. The van der Waals surface area contributed by atoms with Gasteiger partial charge in [-0.15, -0.1) is 0 Å². The van der Waals surface area contributed by atoms with Gasteiger partial charge < -0.3 is 34.0 Å². The molecule has 8 amide bonds. The Morgan fingerprint density at radius 1 is 0.414 bits per heavy atom. The molecule has 8 aliphatic heterocycles. The standard InChI is InChI=1S/C26H23F3N8O.C25H24N8O.C23H21F3N6O3.C22H19F3N6O2/c1-15-19(14-35(2)34-15)16-5-9-31-23(12-16)33-25(38)37-18-7-10-36(13-18)21-4-3-20(32-24(21)37)17-6-8-30-22(11-17)26(27,28)29;1-16-11-18(6-8-26-16)21-3-4-22-24(29-21)33(20-7-10-32(22)15-20)25(34)30-23-12-17(5-9-27-23)19-13-28-31(2)14-19;24-23(25,26)18-12-14(6-8-27-18)16-4-5-17-21(28-16)32(15-7-9-31(17)13-15)22(34)30-19-2-1-3-20(29-19)35-11-10-33;1-29-12-26-18(10-19(29)32)28-21(33)31-15-7-8-30(11-15)17-6-5-16(27-20(17)31)13-3-2-4-14(9-13)22(23,24)25/h3-6,8-9,11-12,14,18H,7,10,13H2,1-2H3,(H,31,33,38);3-6,8-9,11-14,20H,7,10,15H2,1-2H3,(H,27,30,34);1-6,8,12,15,33H,7,9-11,13H2,(H,29,30,34);2-6,9-10,12,15H,7-8,11H2,1H3,(H,28,33)/t18-;20-;2*15-/m0000/s1. The van der Waals surface area contributed by atoms with Gasteiger partial charge in [0, 0.05) is 168 Å². The Kier molecular flexibility index (Phi) is 25.0. The molecule has 1 aromatic carbocycles. The molecule has 140 heavy (non-hydrogen) atoms. The van der Waals surface area contributed by atoms with Crippen LogP contribution in [0.4, 0.5) is 128 Å². The molecular formula is C96H87F9N28O7. The molecule has 22 rings (SSSR count). The minimum atomic E-state index is -4.58. The number of alkyl halides is 9. The second-order valence-electron chi connectivity index (χ2n) is 34.3. The van der Waals surface area contributed by atoms with Crippen LogP contribution >= 0.6 is 0 Å². The first-order chi connectivity index (χ1) is 67.2. The number of amides is 8. The lowest BCUT2D eigenvalue weighted by molar-refractivity contribution is -0.141. The van der Waals surface area contributed by atoms with Gasteiger partial charge in [-0.1, -0.05) is 18.2 Å². The first kappa shape index (κ1) is 92.5. The molecule has 44 heteroatoms. The summed E-state index contributed by atoms with van der Waals surface area (Å²) >= 11 is 0. The van der Waals surface area contributed by atoms with Crippen molar-refractivity contribution < 1.29 is 68.5 Å². The minimum absolute atomic E-state index is 0.0657. The van der Waals surface area contributed by atoms with Crippen molar-refractivity contribution in [2.24, 2.45) is 21.1 Å². The van der Waals surface area contributed by atoms with Crippen LogP contribution in [-0.4, -0.2) is 198 Å².